The van der Waals surface area contributed by atoms with Gasteiger partial charge in [-0.15, -0.1) is 0 Å². The van der Waals surface area contributed by atoms with Gasteiger partial charge < -0.3 is 14.6 Å². The van der Waals surface area contributed by atoms with Gasteiger partial charge in [0, 0.05) is 12.1 Å². The van der Waals surface area contributed by atoms with E-state index in [1.54, 1.807) is 0 Å². The fourth-order valence-corrected chi connectivity index (χ4v) is 0.899. The van der Waals surface area contributed by atoms with E-state index >= 15 is 0 Å². The molecule has 6 nitrogen and oxygen atoms in total. The first-order valence-corrected chi connectivity index (χ1v) is 4.12. The molecule has 0 aliphatic heterocycles. The fraction of sp³-hybridized carbons (Fsp3) is 0.222. The molecule has 0 saturated heterocycles. The number of rotatable bonds is 4. The van der Waals surface area contributed by atoms with E-state index in [9.17, 15) is 20.0 Å². The van der Waals surface area contributed by atoms with Crippen molar-refractivity contribution in [2.24, 2.45) is 0 Å². The number of hydrogen-bond acceptors (Lipinski definition) is 5. The molecule has 0 fully saturated rings. The molecule has 1 aromatic carbocycles. The van der Waals surface area contributed by atoms with Gasteiger partial charge in [0.15, 0.2) is 0 Å². The van der Waals surface area contributed by atoms with Crippen molar-refractivity contribution in [3.63, 3.8) is 0 Å². The Morgan fingerprint density at radius 3 is 2.33 bits per heavy atom. The molecular weight excluding hydrogens is 202 g/mol. The molecule has 0 unspecified atom stereocenters. The van der Waals surface area contributed by atoms with E-state index in [2.05, 4.69) is 0 Å². The van der Waals surface area contributed by atoms with Crippen LogP contribution in [0.5, 0.6) is 5.75 Å². The highest BCUT2D eigenvalue weighted by molar-refractivity contribution is 5.69. The van der Waals surface area contributed by atoms with Crippen molar-refractivity contribution in [3.8, 4) is 5.75 Å². The Labute approximate surface area is 85.2 Å². The lowest BCUT2D eigenvalue weighted by atomic mass is 10.3. The van der Waals surface area contributed by atoms with Crippen LogP contribution in [0.25, 0.3) is 0 Å². The third-order valence-corrected chi connectivity index (χ3v) is 1.69. The predicted octanol–water partition coefficient (Wildman–Crippen LogP) is 0.112. The zero-order chi connectivity index (χ0) is 11.4. The van der Waals surface area contributed by atoms with E-state index in [4.69, 9.17) is 4.74 Å². The number of carboxylic acid groups (broad SMARTS) is 1. The van der Waals surface area contributed by atoms with Crippen LogP contribution in [0.3, 0.4) is 0 Å². The Balaban J connectivity index is 2.72. The molecule has 0 spiro atoms. The summed E-state index contributed by atoms with van der Waals surface area (Å²) in [6, 6.07) is 5.13. The summed E-state index contributed by atoms with van der Waals surface area (Å²) in [5, 5.41) is 20.6. The molecule has 1 aromatic rings. The van der Waals surface area contributed by atoms with E-state index in [-0.39, 0.29) is 11.4 Å². The molecule has 0 N–H and O–H groups in total. The standard InChI is InChI=1S/C9H9NO5/c1-6(9(11)12)15-8-4-2-7(3-5-8)10(13)14/h2-6H,1H3,(H,11,12)/p-1/t6-/m1/s1. The van der Waals surface area contributed by atoms with E-state index in [1.807, 2.05) is 0 Å². The van der Waals surface area contributed by atoms with Crippen LogP contribution in [0.4, 0.5) is 5.69 Å². The number of nitro benzene ring substituents is 1. The maximum Gasteiger partial charge on any atom is 0.269 e. The average molecular weight is 210 g/mol. The van der Waals surface area contributed by atoms with E-state index in [1.165, 1.54) is 31.2 Å². The largest absolute Gasteiger partial charge is 0.546 e. The van der Waals surface area contributed by atoms with Crippen molar-refractivity contribution < 1.29 is 19.6 Å². The molecule has 0 aliphatic rings. The summed E-state index contributed by atoms with van der Waals surface area (Å²) in [7, 11) is 0. The van der Waals surface area contributed by atoms with Crippen LogP contribution in [0.15, 0.2) is 24.3 Å². The second-order valence-corrected chi connectivity index (χ2v) is 2.83. The van der Waals surface area contributed by atoms with Crippen LogP contribution in [-0.4, -0.2) is 17.0 Å². The van der Waals surface area contributed by atoms with Gasteiger partial charge in [0.1, 0.15) is 11.9 Å². The van der Waals surface area contributed by atoms with Gasteiger partial charge in [-0.05, 0) is 19.1 Å². The molecule has 80 valence electrons. The van der Waals surface area contributed by atoms with Crippen molar-refractivity contribution in [1.29, 1.82) is 0 Å². The van der Waals surface area contributed by atoms with Crippen LogP contribution >= 0.6 is 0 Å². The summed E-state index contributed by atoms with van der Waals surface area (Å²) in [6.45, 7) is 1.32. The topological polar surface area (TPSA) is 92.5 Å². The number of non-ortho nitro benzene ring substituents is 1. The number of aliphatic carboxylic acids is 1. The molecule has 0 bridgehead atoms. The first-order valence-electron chi connectivity index (χ1n) is 4.12. The van der Waals surface area contributed by atoms with Crippen molar-refractivity contribution in [2.45, 2.75) is 13.0 Å². The van der Waals surface area contributed by atoms with Gasteiger partial charge >= 0.3 is 0 Å². The van der Waals surface area contributed by atoms with Crippen molar-refractivity contribution >= 4 is 11.7 Å². The smallest absolute Gasteiger partial charge is 0.269 e. The first-order chi connectivity index (χ1) is 7.00. The van der Waals surface area contributed by atoms with Gasteiger partial charge in [-0.1, -0.05) is 0 Å². The fourth-order valence-electron chi connectivity index (χ4n) is 0.899. The Kier molecular flexibility index (Phi) is 3.22. The summed E-state index contributed by atoms with van der Waals surface area (Å²) in [6.07, 6.45) is -1.09. The number of ether oxygens (including phenoxy) is 1. The number of carbonyl (C=O) groups excluding carboxylic acids is 1. The number of carboxylic acids is 1. The summed E-state index contributed by atoms with van der Waals surface area (Å²) in [4.78, 5) is 20.1. The lowest BCUT2D eigenvalue weighted by Crippen LogP contribution is -2.37. The number of hydrogen-bond donors (Lipinski definition) is 0. The molecule has 15 heavy (non-hydrogen) atoms. The van der Waals surface area contributed by atoms with Crippen LogP contribution in [0, 0.1) is 10.1 Å². The summed E-state index contributed by atoms with van der Waals surface area (Å²) in [5.41, 5.74) is -0.0801. The second-order valence-electron chi connectivity index (χ2n) is 2.83. The van der Waals surface area contributed by atoms with Gasteiger partial charge in [0.05, 0.1) is 10.9 Å². The van der Waals surface area contributed by atoms with Crippen molar-refractivity contribution in [2.75, 3.05) is 0 Å². The molecule has 0 aromatic heterocycles. The number of benzene rings is 1. The highest BCUT2D eigenvalue weighted by Gasteiger charge is 2.07. The third-order valence-electron chi connectivity index (χ3n) is 1.69. The van der Waals surface area contributed by atoms with Gasteiger partial charge in [-0.2, -0.15) is 0 Å². The molecule has 6 heteroatoms. The lowest BCUT2D eigenvalue weighted by molar-refractivity contribution is -0.384. The monoisotopic (exact) mass is 210 g/mol. The van der Waals surface area contributed by atoms with E-state index in [0.717, 1.165) is 0 Å². The van der Waals surface area contributed by atoms with E-state index < -0.39 is 17.0 Å². The van der Waals surface area contributed by atoms with Crippen LogP contribution < -0.4 is 9.84 Å². The Morgan fingerprint density at radius 1 is 1.40 bits per heavy atom. The van der Waals surface area contributed by atoms with Crippen LogP contribution in [0.1, 0.15) is 6.92 Å². The zero-order valence-corrected chi connectivity index (χ0v) is 7.88. The number of carbonyl (C=O) groups is 1. The molecule has 0 amide bonds. The van der Waals surface area contributed by atoms with Crippen molar-refractivity contribution in [1.82, 2.24) is 0 Å². The van der Waals surface area contributed by atoms with Crippen molar-refractivity contribution in [3.05, 3.63) is 34.4 Å². The zero-order valence-electron chi connectivity index (χ0n) is 7.88. The van der Waals surface area contributed by atoms with Gasteiger partial charge in [-0.25, -0.2) is 0 Å². The quantitative estimate of drug-likeness (QED) is 0.519. The SMILES string of the molecule is C[C@@H](Oc1ccc([N+](=O)[O-])cc1)C(=O)[O-]. The number of nitrogens with zero attached hydrogens (tertiary/aromatic N) is 1. The second kappa shape index (κ2) is 4.41. The Bertz CT molecular complexity index is 373. The molecule has 1 atom stereocenters. The number of nitro groups is 1. The molecule has 0 saturated carbocycles. The van der Waals surface area contributed by atoms with Crippen LogP contribution in [-0.2, 0) is 4.79 Å². The molecular formula is C9H8NO5-. The highest BCUT2D eigenvalue weighted by atomic mass is 16.6. The summed E-state index contributed by atoms with van der Waals surface area (Å²) < 4.78 is 4.93. The average Bonchev–Trinajstić information content (AvgIpc) is 2.18. The van der Waals surface area contributed by atoms with Crippen LogP contribution in [0.2, 0.25) is 0 Å². The Morgan fingerprint density at radius 2 is 1.93 bits per heavy atom. The van der Waals surface area contributed by atoms with Gasteiger partial charge in [0.25, 0.3) is 5.69 Å². The highest BCUT2D eigenvalue weighted by Crippen LogP contribution is 2.18. The molecule has 0 aliphatic carbocycles. The normalized spacial score (nSPS) is 11.8. The minimum atomic E-state index is -1.34. The van der Waals surface area contributed by atoms with Gasteiger partial charge in [-0.3, -0.25) is 10.1 Å². The minimum Gasteiger partial charge on any atom is -0.546 e. The van der Waals surface area contributed by atoms with Gasteiger partial charge in [0.2, 0.25) is 0 Å². The molecule has 1 rings (SSSR count). The lowest BCUT2D eigenvalue weighted by Gasteiger charge is -2.14. The first kappa shape index (κ1) is 11.0. The summed E-state index contributed by atoms with van der Waals surface area (Å²) in [5.74, 6) is -1.09. The predicted molar refractivity (Wildman–Crippen MR) is 48.2 cm³/mol. The Hall–Kier alpha value is -2.11. The maximum absolute atomic E-state index is 10.3. The third kappa shape index (κ3) is 2.94. The molecule has 0 heterocycles. The molecule has 0 radical (unpaired) electrons. The maximum atomic E-state index is 10.3. The minimum absolute atomic E-state index is 0.0801. The summed E-state index contributed by atoms with van der Waals surface area (Å²) >= 11 is 0. The van der Waals surface area contributed by atoms with E-state index in [0.29, 0.717) is 0 Å².